The minimum atomic E-state index is -2.54. The highest BCUT2D eigenvalue weighted by atomic mass is 32.2. The van der Waals surface area contributed by atoms with Gasteiger partial charge in [-0.1, -0.05) is 41.7 Å². The number of thioether (sulfide) groups is 2. The average Bonchev–Trinajstić information content (AvgIpc) is 3.26. The average molecular weight is 427 g/mol. The van der Waals surface area contributed by atoms with Crippen LogP contribution in [0.15, 0.2) is 51.8 Å². The predicted molar refractivity (Wildman–Crippen MR) is 106 cm³/mol. The highest BCUT2D eigenvalue weighted by Crippen LogP contribution is 2.31. The van der Waals surface area contributed by atoms with Crippen LogP contribution in [0.4, 0.5) is 14.5 Å². The molecule has 0 aliphatic rings. The lowest BCUT2D eigenvalue weighted by Gasteiger charge is -2.10. The molecule has 0 spiro atoms. The molecule has 1 amide bonds. The van der Waals surface area contributed by atoms with E-state index in [2.05, 4.69) is 15.5 Å². The summed E-state index contributed by atoms with van der Waals surface area (Å²) in [6, 6.07) is 10.5. The highest BCUT2D eigenvalue weighted by molar-refractivity contribution is 8.00. The van der Waals surface area contributed by atoms with Gasteiger partial charge in [0, 0.05) is 23.2 Å². The number of amides is 1. The van der Waals surface area contributed by atoms with Gasteiger partial charge in [-0.25, -0.2) is 0 Å². The molecule has 1 N–H and O–H groups in total. The molecule has 142 valence electrons. The molecule has 10 heteroatoms. The van der Waals surface area contributed by atoms with Crippen molar-refractivity contribution >= 4 is 46.5 Å². The number of carbonyl (C=O) groups is 1. The zero-order valence-electron chi connectivity index (χ0n) is 14.3. The smallest absolute Gasteiger partial charge is 0.288 e. The van der Waals surface area contributed by atoms with Crippen LogP contribution in [-0.4, -0.2) is 32.2 Å². The van der Waals surface area contributed by atoms with Gasteiger partial charge in [0.2, 0.25) is 5.91 Å². The Morgan fingerprint density at radius 1 is 1.26 bits per heavy atom. The van der Waals surface area contributed by atoms with Crippen molar-refractivity contribution in [1.82, 2.24) is 14.8 Å². The molecular weight excluding hydrogens is 410 g/mol. The number of hydrogen-bond acceptors (Lipinski definition) is 6. The van der Waals surface area contributed by atoms with E-state index in [9.17, 15) is 13.6 Å². The monoisotopic (exact) mass is 426 g/mol. The number of benzene rings is 1. The maximum atomic E-state index is 12.6. The molecule has 0 unspecified atom stereocenters. The quantitative estimate of drug-likeness (QED) is 0.537. The number of halogens is 2. The Balaban J connectivity index is 1.58. The van der Waals surface area contributed by atoms with Gasteiger partial charge < -0.3 is 9.88 Å². The zero-order valence-corrected chi connectivity index (χ0v) is 16.7. The van der Waals surface area contributed by atoms with Crippen LogP contribution >= 0.6 is 34.9 Å². The number of thiophene rings is 1. The maximum absolute atomic E-state index is 12.6. The molecule has 0 aliphatic heterocycles. The maximum Gasteiger partial charge on any atom is 0.288 e. The van der Waals surface area contributed by atoms with Crippen molar-refractivity contribution in [3.8, 4) is 0 Å². The third-order valence-corrected chi connectivity index (χ3v) is 6.23. The second-order valence-electron chi connectivity index (χ2n) is 5.43. The topological polar surface area (TPSA) is 59.8 Å². The second-order valence-corrected chi connectivity index (χ2v) is 8.43. The largest absolute Gasteiger partial charge is 0.324 e. The Kier molecular flexibility index (Phi) is 6.86. The summed E-state index contributed by atoms with van der Waals surface area (Å²) in [6.45, 7) is 0. The van der Waals surface area contributed by atoms with E-state index < -0.39 is 5.76 Å². The van der Waals surface area contributed by atoms with Crippen LogP contribution in [0.25, 0.3) is 0 Å². The molecule has 0 aliphatic carbocycles. The van der Waals surface area contributed by atoms with Crippen LogP contribution in [0.1, 0.15) is 10.7 Å². The van der Waals surface area contributed by atoms with Crippen molar-refractivity contribution in [3.05, 3.63) is 52.5 Å². The Hall–Kier alpha value is -1.91. The molecule has 1 aromatic carbocycles. The molecule has 3 aromatic rings. The summed E-state index contributed by atoms with van der Waals surface area (Å²) in [6.07, 6.45) is 0.687. The number of carbonyl (C=O) groups excluding carboxylic acids is 1. The third kappa shape index (κ3) is 5.53. The number of alkyl halides is 2. The molecule has 0 atom stereocenters. The van der Waals surface area contributed by atoms with Crippen molar-refractivity contribution in [2.75, 3.05) is 11.1 Å². The number of anilines is 1. The van der Waals surface area contributed by atoms with Crippen LogP contribution in [-0.2, 0) is 18.3 Å². The van der Waals surface area contributed by atoms with E-state index in [1.54, 1.807) is 35.6 Å². The van der Waals surface area contributed by atoms with Crippen molar-refractivity contribution in [2.24, 2.45) is 7.05 Å². The molecular formula is C17H16F2N4OS3. The first-order valence-corrected chi connectivity index (χ1v) is 10.6. The summed E-state index contributed by atoms with van der Waals surface area (Å²) in [5.41, 5.74) is 0.379. The summed E-state index contributed by atoms with van der Waals surface area (Å²) < 4.78 is 27.1. The van der Waals surface area contributed by atoms with Gasteiger partial charge in [0.1, 0.15) is 5.82 Å². The molecule has 27 heavy (non-hydrogen) atoms. The summed E-state index contributed by atoms with van der Waals surface area (Å²) in [7, 11) is 1.86. The van der Waals surface area contributed by atoms with E-state index in [4.69, 9.17) is 0 Å². The number of nitrogens with zero attached hydrogens (tertiary/aromatic N) is 3. The van der Waals surface area contributed by atoms with Crippen molar-refractivity contribution in [2.45, 2.75) is 22.2 Å². The van der Waals surface area contributed by atoms with Crippen LogP contribution in [0.2, 0.25) is 0 Å². The summed E-state index contributed by atoms with van der Waals surface area (Å²) in [5, 5.41) is 13.6. The number of hydrogen-bond donors (Lipinski definition) is 1. The molecule has 0 bridgehead atoms. The first-order valence-electron chi connectivity index (χ1n) is 7.90. The molecule has 2 heterocycles. The number of aromatic nitrogens is 3. The first-order chi connectivity index (χ1) is 13.0. The molecule has 2 aromatic heterocycles. The highest BCUT2D eigenvalue weighted by Gasteiger charge is 2.14. The van der Waals surface area contributed by atoms with Gasteiger partial charge in [-0.2, -0.15) is 8.78 Å². The van der Waals surface area contributed by atoms with Crippen molar-refractivity contribution < 1.29 is 13.6 Å². The van der Waals surface area contributed by atoms with E-state index in [-0.39, 0.29) is 11.7 Å². The third-order valence-electron chi connectivity index (χ3n) is 3.55. The first kappa shape index (κ1) is 19.8. The fourth-order valence-corrected chi connectivity index (χ4v) is 4.31. The molecule has 0 saturated heterocycles. The van der Waals surface area contributed by atoms with Gasteiger partial charge >= 0.3 is 0 Å². The van der Waals surface area contributed by atoms with Gasteiger partial charge in [-0.05, 0) is 23.6 Å². The predicted octanol–water partition coefficient (Wildman–Crippen LogP) is 4.51. The second kappa shape index (κ2) is 9.34. The molecule has 0 radical (unpaired) electrons. The fourth-order valence-electron chi connectivity index (χ4n) is 2.28. The fraction of sp³-hybridized carbons (Fsp3) is 0.235. The van der Waals surface area contributed by atoms with E-state index in [0.29, 0.717) is 33.9 Å². The van der Waals surface area contributed by atoms with Gasteiger partial charge in [0.05, 0.1) is 11.4 Å². The summed E-state index contributed by atoms with van der Waals surface area (Å²) in [5.74, 6) is -1.90. The van der Waals surface area contributed by atoms with E-state index in [0.717, 1.165) is 5.82 Å². The van der Waals surface area contributed by atoms with E-state index in [1.807, 2.05) is 29.1 Å². The molecule has 0 fully saturated rings. The number of para-hydroxylation sites is 1. The van der Waals surface area contributed by atoms with Crippen LogP contribution < -0.4 is 5.32 Å². The molecule has 0 saturated carbocycles. The number of nitrogens with one attached hydrogen (secondary N) is 1. The van der Waals surface area contributed by atoms with Crippen LogP contribution in [0, 0.1) is 0 Å². The summed E-state index contributed by atoms with van der Waals surface area (Å²) >= 11 is 3.32. The lowest BCUT2D eigenvalue weighted by atomic mass is 10.3. The Labute approximate surface area is 167 Å². The van der Waals surface area contributed by atoms with Gasteiger partial charge in [-0.3, -0.25) is 4.79 Å². The standard InChI is InChI=1S/C17H16F2N4OS3/c1-23-14(9-11-5-4-8-25-11)21-22-17(23)26-10-15(24)20-12-6-2-3-7-13(12)27-16(18)19/h2-8,16H,9-10H2,1H3,(H,20,24). The molecule has 5 nitrogen and oxygen atoms in total. The minimum Gasteiger partial charge on any atom is -0.324 e. The lowest BCUT2D eigenvalue weighted by molar-refractivity contribution is -0.113. The minimum absolute atomic E-state index is 0.110. The van der Waals surface area contributed by atoms with Crippen LogP contribution in [0.3, 0.4) is 0 Å². The van der Waals surface area contributed by atoms with E-state index >= 15 is 0 Å². The Bertz CT molecular complexity index is 899. The van der Waals surface area contributed by atoms with Gasteiger partial charge in [0.15, 0.2) is 5.16 Å². The van der Waals surface area contributed by atoms with Gasteiger partial charge in [-0.15, -0.1) is 21.5 Å². The normalized spacial score (nSPS) is 11.1. The van der Waals surface area contributed by atoms with Crippen molar-refractivity contribution in [3.63, 3.8) is 0 Å². The summed E-state index contributed by atoms with van der Waals surface area (Å²) in [4.78, 5) is 13.7. The van der Waals surface area contributed by atoms with Crippen LogP contribution in [0.5, 0.6) is 0 Å². The number of rotatable bonds is 8. The van der Waals surface area contributed by atoms with E-state index in [1.165, 1.54) is 16.6 Å². The molecule has 3 rings (SSSR count). The van der Waals surface area contributed by atoms with Gasteiger partial charge in [0.25, 0.3) is 5.76 Å². The zero-order chi connectivity index (χ0) is 19.2. The Morgan fingerprint density at radius 2 is 2.07 bits per heavy atom. The Morgan fingerprint density at radius 3 is 2.81 bits per heavy atom. The van der Waals surface area contributed by atoms with Crippen molar-refractivity contribution in [1.29, 1.82) is 0 Å². The SMILES string of the molecule is Cn1c(Cc2cccs2)nnc1SCC(=O)Nc1ccccc1SC(F)F. The lowest BCUT2D eigenvalue weighted by Crippen LogP contribution is -2.15.